The Morgan fingerprint density at radius 2 is 2.00 bits per heavy atom. The molecule has 0 spiro atoms. The molecule has 254 valence electrons. The quantitative estimate of drug-likeness (QED) is 0.161. The fourth-order valence-electron chi connectivity index (χ4n) is 5.67. The smallest absolute Gasteiger partial charge is 0.335 e. The summed E-state index contributed by atoms with van der Waals surface area (Å²) in [6.07, 6.45) is 5.55. The summed E-state index contributed by atoms with van der Waals surface area (Å²) < 4.78 is 13.4. The van der Waals surface area contributed by atoms with Crippen molar-refractivity contribution in [2.24, 2.45) is 0 Å². The normalized spacial score (nSPS) is 17.7. The van der Waals surface area contributed by atoms with Crippen LogP contribution in [-0.2, 0) is 35.2 Å². The number of hydrogen-bond donors (Lipinski definition) is 3. The summed E-state index contributed by atoms with van der Waals surface area (Å²) in [5.41, 5.74) is 3.02. The zero-order chi connectivity index (χ0) is 32.1. The molecule has 4 heterocycles. The summed E-state index contributed by atoms with van der Waals surface area (Å²) in [6.45, 7) is 9.97. The number of phenols is 2. The molecule has 14 heteroatoms. The molecule has 2 fully saturated rings. The van der Waals surface area contributed by atoms with Gasteiger partial charge < -0.3 is 46.1 Å². The third-order valence-electron chi connectivity index (χ3n) is 8.10. The third-order valence-corrected chi connectivity index (χ3v) is 8.33. The number of ether oxygens (including phenoxy) is 2. The Labute approximate surface area is 284 Å². The van der Waals surface area contributed by atoms with Crippen LogP contribution in [0.25, 0.3) is 11.0 Å². The number of para-hydroxylation sites is 1. The minimum atomic E-state index is -1.02. The number of nitrogens with zero attached hydrogens (tertiary/aromatic N) is 5. The van der Waals surface area contributed by atoms with E-state index in [4.69, 9.17) is 26.1 Å². The van der Waals surface area contributed by atoms with Crippen LogP contribution in [0.1, 0.15) is 41.6 Å². The molecule has 0 radical (unpaired) electrons. The molecule has 11 nitrogen and oxygen atoms in total. The van der Waals surface area contributed by atoms with Crippen LogP contribution in [0, 0.1) is 13.3 Å². The molecular formula is C33H38ClCmCrN5O6-2. The molecule has 3 N–H and O–H groups in total. The minimum absolute atomic E-state index is 0. The number of carbonyl (C=O) groups is 1. The van der Waals surface area contributed by atoms with E-state index >= 15 is 0 Å². The molecule has 0 aliphatic carbocycles. The second kappa shape index (κ2) is 16.3. The number of carboxylic acids is 1. The number of imidazole rings is 1. The number of rotatable bonds is 8. The van der Waals surface area contributed by atoms with Crippen molar-refractivity contribution in [1.29, 1.82) is 0 Å². The summed E-state index contributed by atoms with van der Waals surface area (Å²) in [6, 6.07) is 11.7. The minimum Gasteiger partial charge on any atom is -0.504 e. The van der Waals surface area contributed by atoms with E-state index < -0.39 is 5.97 Å². The second-order valence-corrected chi connectivity index (χ2v) is 11.5. The number of hydrogen-bond acceptors (Lipinski definition) is 9. The Morgan fingerprint density at radius 3 is 2.62 bits per heavy atom. The first-order chi connectivity index (χ1) is 21.7. The van der Waals surface area contributed by atoms with Gasteiger partial charge in [0.15, 0.2) is 11.5 Å². The van der Waals surface area contributed by atoms with Gasteiger partial charge in [-0.15, -0.1) is 13.0 Å². The van der Waals surface area contributed by atoms with Crippen molar-refractivity contribution in [1.82, 2.24) is 19.4 Å². The van der Waals surface area contributed by atoms with Gasteiger partial charge in [0.1, 0.15) is 17.1 Å². The van der Waals surface area contributed by atoms with Gasteiger partial charge in [0, 0.05) is 54.8 Å². The largest absolute Gasteiger partial charge is 0.504 e. The number of aromatic nitrogens is 3. The summed E-state index contributed by atoms with van der Waals surface area (Å²) in [5.74, 6) is -0.0760. The maximum atomic E-state index is 11.8. The standard InChI is InChI=1S/C26H31N4O6.C7H7ClN.Cm.Cr/c1-16-13-29(19-6-3-7-21(31)25(19)32)9-8-28(16)15-23-27-24-20(30(23)14-18-5-4-10-36-18)11-17(26(33)34)12-22(24)35-2;1-2-7-4-3-6(8)5-9-7;;/h3,6-7,11-12,16,18,31-32H,1,4-5,8-10,13-15H2,2H3,(H,33,34);2-5H,1H3;;/q2*-1;;. The summed E-state index contributed by atoms with van der Waals surface area (Å²) in [7, 11) is 1.52. The molecule has 2 aliphatic heterocycles. The van der Waals surface area contributed by atoms with E-state index in [2.05, 4.69) is 21.4 Å². The van der Waals surface area contributed by atoms with Gasteiger partial charge in [0.25, 0.3) is 0 Å². The molecule has 2 aromatic carbocycles. The first-order valence-electron chi connectivity index (χ1n) is 14.8. The van der Waals surface area contributed by atoms with Crippen LogP contribution in [0.4, 0.5) is 5.69 Å². The topological polar surface area (TPSA) is 133 Å². The van der Waals surface area contributed by atoms with Crippen molar-refractivity contribution in [3.63, 3.8) is 0 Å². The van der Waals surface area contributed by atoms with E-state index in [9.17, 15) is 20.1 Å². The fourth-order valence-corrected chi connectivity index (χ4v) is 5.78. The van der Waals surface area contributed by atoms with Gasteiger partial charge in [-0.25, -0.2) is 16.2 Å². The maximum absolute atomic E-state index is 11.8. The van der Waals surface area contributed by atoms with Crippen molar-refractivity contribution >= 4 is 34.3 Å². The van der Waals surface area contributed by atoms with Gasteiger partial charge in [-0.05, 0) is 37.1 Å². The Hall–Kier alpha value is -4.66. The number of benzene rings is 2. The van der Waals surface area contributed by atoms with Crippen LogP contribution in [0.5, 0.6) is 17.2 Å². The number of methoxy groups -OCH3 is 1. The Kier molecular flexibility index (Phi) is 12.7. The molecule has 0 saturated carbocycles. The summed E-state index contributed by atoms with van der Waals surface area (Å²) in [4.78, 5) is 24.9. The van der Waals surface area contributed by atoms with Crippen molar-refractivity contribution in [2.45, 2.75) is 45.0 Å². The molecule has 2 aromatic heterocycles. The number of anilines is 1. The Bertz CT molecular complexity index is 1640. The van der Waals surface area contributed by atoms with Crippen LogP contribution in [0.2, 0.25) is 5.02 Å². The van der Waals surface area contributed by atoms with E-state index in [-0.39, 0.29) is 46.6 Å². The second-order valence-electron chi connectivity index (χ2n) is 11.0. The van der Waals surface area contributed by atoms with Crippen molar-refractivity contribution in [3.05, 3.63) is 84.1 Å². The molecule has 2 aliphatic rings. The SMILES string of the molecule is C[CH-]c1ccc(Cl)cn1.[CH2-]C1CN(c2cccc(O)c2O)CCN1Cc1nc2c(OC)cc(C(=O)O)cc2n1CC1CCCO1.[Cm].[Cr]. The predicted octanol–water partition coefficient (Wildman–Crippen LogP) is 5.16. The number of aromatic hydroxyl groups is 2. The van der Waals surface area contributed by atoms with Crippen LogP contribution in [-0.4, -0.2) is 86.2 Å². The van der Waals surface area contributed by atoms with E-state index in [1.165, 1.54) is 19.2 Å². The van der Waals surface area contributed by atoms with Gasteiger partial charge in [0.05, 0.1) is 43.1 Å². The Morgan fingerprint density at radius 1 is 1.21 bits per heavy atom. The zero-order valence-corrected chi connectivity index (χ0v) is 31.1. The van der Waals surface area contributed by atoms with Gasteiger partial charge >= 0.3 is 5.97 Å². The van der Waals surface area contributed by atoms with Crippen molar-refractivity contribution in [2.75, 3.05) is 38.3 Å². The number of phenolic OH excluding ortho intramolecular Hbond substituents is 2. The monoisotopic (exact) mass is 930 g/mol. The van der Waals surface area contributed by atoms with E-state index in [1.807, 2.05) is 30.4 Å². The number of pyridine rings is 1. The number of fused-ring (bicyclic) bond motifs is 1. The Balaban J connectivity index is 0.000000474. The van der Waals surface area contributed by atoms with Crippen molar-refractivity contribution < 1.29 is 46.9 Å². The third kappa shape index (κ3) is 8.39. The van der Waals surface area contributed by atoms with Crippen LogP contribution in [0.3, 0.4) is 0 Å². The van der Waals surface area contributed by atoms with Gasteiger partial charge in [-0.2, -0.15) is 6.07 Å². The summed E-state index contributed by atoms with van der Waals surface area (Å²) in [5, 5.41) is 30.5. The van der Waals surface area contributed by atoms with Gasteiger partial charge in [-0.1, -0.05) is 29.4 Å². The number of aromatic carboxylic acids is 1. The first-order valence-corrected chi connectivity index (χ1v) is 15.2. The van der Waals surface area contributed by atoms with Crippen LogP contribution in [0.15, 0.2) is 48.7 Å². The molecule has 4 aromatic rings. The average Bonchev–Trinajstić information content (AvgIpc) is 3.68. The van der Waals surface area contributed by atoms with E-state index in [1.54, 1.807) is 24.4 Å². The molecule has 2 unspecified atom stereocenters. The molecular weight excluding hydrogens is 897 g/mol. The van der Waals surface area contributed by atoms with Crippen LogP contribution >= 0.6 is 11.6 Å². The molecule has 47 heavy (non-hydrogen) atoms. The van der Waals surface area contributed by atoms with E-state index in [0.29, 0.717) is 60.2 Å². The molecule has 6 rings (SSSR count). The molecule has 2 atom stereocenters. The summed E-state index contributed by atoms with van der Waals surface area (Å²) >= 11 is 5.59. The number of carboxylic acid groups (broad SMARTS) is 1. The average molecular weight is 935 g/mol. The fraction of sp³-hybridized carbons (Fsp3) is 0.364. The van der Waals surface area contributed by atoms with Crippen LogP contribution < -0.4 is 9.64 Å². The number of halogens is 1. The number of piperazine rings is 1. The maximum Gasteiger partial charge on any atom is 0.335 e. The predicted molar refractivity (Wildman–Crippen MR) is 172 cm³/mol. The molecule has 0 bridgehead atoms. The van der Waals surface area contributed by atoms with Gasteiger partial charge in [0.2, 0.25) is 0 Å². The zero-order valence-electron chi connectivity index (χ0n) is 26.2. The molecule has 0 amide bonds. The van der Waals surface area contributed by atoms with Gasteiger partial charge in [-0.3, -0.25) is 4.98 Å². The molecule has 2 saturated heterocycles. The van der Waals surface area contributed by atoms with E-state index in [0.717, 1.165) is 31.0 Å². The van der Waals surface area contributed by atoms with Crippen molar-refractivity contribution in [3.8, 4) is 17.2 Å². The first kappa shape index (κ1) is 36.8.